The Kier molecular flexibility index (Phi) is 9.06. The lowest BCUT2D eigenvalue weighted by Crippen LogP contribution is -2.55. The molecule has 1 N–H and O–H groups in total. The average molecular weight is 285 g/mol. The molecule has 0 unspecified atom stereocenters. The van der Waals surface area contributed by atoms with E-state index in [0.717, 1.165) is 39.3 Å². The van der Waals surface area contributed by atoms with E-state index in [0.29, 0.717) is 5.92 Å². The van der Waals surface area contributed by atoms with Gasteiger partial charge in [-0.15, -0.1) is 0 Å². The van der Waals surface area contributed by atoms with Crippen molar-refractivity contribution in [3.8, 4) is 0 Å². The number of hydrogen-bond donors (Lipinski definition) is 1. The van der Waals surface area contributed by atoms with E-state index in [1.165, 1.54) is 0 Å². The van der Waals surface area contributed by atoms with Crippen LogP contribution in [-0.4, -0.2) is 60.5 Å². The molecule has 0 atom stereocenters. The second kappa shape index (κ2) is 9.35. The first-order chi connectivity index (χ1) is 9.28. The van der Waals surface area contributed by atoms with Crippen LogP contribution in [0.1, 0.15) is 48.5 Å². The van der Waals surface area contributed by atoms with Gasteiger partial charge in [-0.1, -0.05) is 34.6 Å². The third-order valence-corrected chi connectivity index (χ3v) is 3.61. The molecule has 0 aromatic carbocycles. The molecular weight excluding hydrogens is 250 g/mol. The van der Waals surface area contributed by atoms with Crippen LogP contribution in [0, 0.1) is 5.92 Å². The van der Waals surface area contributed by atoms with Gasteiger partial charge in [0, 0.05) is 19.6 Å². The van der Waals surface area contributed by atoms with Crippen molar-refractivity contribution in [1.82, 2.24) is 15.1 Å². The Labute approximate surface area is 125 Å². The van der Waals surface area contributed by atoms with E-state index >= 15 is 0 Å². The Balaban J connectivity index is 4.74. The van der Waals surface area contributed by atoms with Crippen molar-refractivity contribution in [1.29, 1.82) is 0 Å². The van der Waals surface area contributed by atoms with Crippen molar-refractivity contribution in [2.45, 2.75) is 54.0 Å². The number of carbonyl (C=O) groups is 1. The quantitative estimate of drug-likeness (QED) is 0.668. The second-order valence-corrected chi connectivity index (χ2v) is 6.33. The third kappa shape index (κ3) is 6.71. The number of carbonyl (C=O) groups excluding carboxylic acids is 1. The number of amides is 1. The van der Waals surface area contributed by atoms with E-state index in [9.17, 15) is 4.79 Å². The van der Waals surface area contributed by atoms with Gasteiger partial charge in [0.15, 0.2) is 0 Å². The summed E-state index contributed by atoms with van der Waals surface area (Å²) in [4.78, 5) is 17.1. The first kappa shape index (κ1) is 19.4. The molecule has 4 heteroatoms. The Bertz CT molecular complexity index is 273. The highest BCUT2D eigenvalue weighted by Crippen LogP contribution is 2.10. The van der Waals surface area contributed by atoms with E-state index in [1.54, 1.807) is 0 Å². The maximum Gasteiger partial charge on any atom is 0.242 e. The highest BCUT2D eigenvalue weighted by atomic mass is 16.2. The topological polar surface area (TPSA) is 35.6 Å². The number of hydrogen-bond acceptors (Lipinski definition) is 3. The van der Waals surface area contributed by atoms with Gasteiger partial charge in [-0.25, -0.2) is 0 Å². The van der Waals surface area contributed by atoms with Gasteiger partial charge in [-0.05, 0) is 39.4 Å². The summed E-state index contributed by atoms with van der Waals surface area (Å²) < 4.78 is 0. The van der Waals surface area contributed by atoms with Gasteiger partial charge >= 0.3 is 0 Å². The molecule has 0 saturated heterocycles. The lowest BCUT2D eigenvalue weighted by atomic mass is 10.0. The van der Waals surface area contributed by atoms with Crippen LogP contribution in [0.15, 0.2) is 0 Å². The van der Waals surface area contributed by atoms with Crippen LogP contribution in [-0.2, 0) is 4.79 Å². The average Bonchev–Trinajstić information content (AvgIpc) is 2.37. The summed E-state index contributed by atoms with van der Waals surface area (Å²) in [5.41, 5.74) is -0.479. The van der Waals surface area contributed by atoms with Crippen LogP contribution in [0.2, 0.25) is 0 Å². The van der Waals surface area contributed by atoms with Gasteiger partial charge in [0.25, 0.3) is 0 Å². The van der Waals surface area contributed by atoms with Crippen LogP contribution in [0.5, 0.6) is 0 Å². The van der Waals surface area contributed by atoms with Crippen LogP contribution in [0.25, 0.3) is 0 Å². The fraction of sp³-hybridized carbons (Fsp3) is 0.938. The molecule has 0 aromatic rings. The van der Waals surface area contributed by atoms with Crippen molar-refractivity contribution in [2.75, 3.05) is 39.3 Å². The fourth-order valence-electron chi connectivity index (χ4n) is 2.43. The maximum absolute atomic E-state index is 12.7. The minimum atomic E-state index is -0.479. The molecule has 0 aliphatic rings. The van der Waals surface area contributed by atoms with Crippen LogP contribution >= 0.6 is 0 Å². The highest BCUT2D eigenvalue weighted by molar-refractivity contribution is 5.85. The molecule has 0 bridgehead atoms. The lowest BCUT2D eigenvalue weighted by molar-refractivity contribution is -0.137. The monoisotopic (exact) mass is 285 g/mol. The van der Waals surface area contributed by atoms with Gasteiger partial charge in [0.05, 0.1) is 5.54 Å². The van der Waals surface area contributed by atoms with Gasteiger partial charge < -0.3 is 15.1 Å². The lowest BCUT2D eigenvalue weighted by Gasteiger charge is -2.34. The molecule has 0 heterocycles. The molecule has 0 aliphatic heterocycles. The van der Waals surface area contributed by atoms with Crippen molar-refractivity contribution in [3.63, 3.8) is 0 Å². The zero-order valence-electron chi connectivity index (χ0n) is 14.6. The number of likely N-dealkylation sites (N-methyl/N-ethyl adjacent to an activating group) is 2. The Morgan fingerprint density at radius 2 is 1.65 bits per heavy atom. The largest absolute Gasteiger partial charge is 0.340 e. The minimum absolute atomic E-state index is 0.209. The highest BCUT2D eigenvalue weighted by Gasteiger charge is 2.31. The molecule has 0 saturated carbocycles. The standard InChI is InChI=1S/C16H35N3O/c1-8-17-16(6,7)15(20)19(13-14(4)5)12-11-18(9-2)10-3/h14,17H,8-13H2,1-7H3. The summed E-state index contributed by atoms with van der Waals surface area (Å²) in [6.45, 7) is 20.1. The summed E-state index contributed by atoms with van der Waals surface area (Å²) in [6, 6.07) is 0. The molecule has 120 valence electrons. The molecule has 20 heavy (non-hydrogen) atoms. The summed E-state index contributed by atoms with van der Waals surface area (Å²) in [6.07, 6.45) is 0. The molecule has 1 amide bonds. The van der Waals surface area contributed by atoms with Gasteiger partial charge in [0.1, 0.15) is 0 Å². The zero-order chi connectivity index (χ0) is 15.8. The van der Waals surface area contributed by atoms with Crippen molar-refractivity contribution in [2.24, 2.45) is 5.92 Å². The number of nitrogens with zero attached hydrogens (tertiary/aromatic N) is 2. The first-order valence-electron chi connectivity index (χ1n) is 8.05. The van der Waals surface area contributed by atoms with E-state index in [1.807, 2.05) is 25.7 Å². The predicted molar refractivity (Wildman–Crippen MR) is 87.0 cm³/mol. The Morgan fingerprint density at radius 1 is 1.10 bits per heavy atom. The molecule has 0 aliphatic carbocycles. The van der Waals surface area contributed by atoms with Crippen molar-refractivity contribution >= 4 is 5.91 Å². The van der Waals surface area contributed by atoms with Crippen molar-refractivity contribution < 1.29 is 4.79 Å². The third-order valence-electron chi connectivity index (χ3n) is 3.61. The van der Waals surface area contributed by atoms with Crippen molar-refractivity contribution in [3.05, 3.63) is 0 Å². The van der Waals surface area contributed by atoms with E-state index in [2.05, 4.69) is 37.9 Å². The molecular formula is C16H35N3O. The minimum Gasteiger partial charge on any atom is -0.340 e. The van der Waals surface area contributed by atoms with Crippen LogP contribution in [0.3, 0.4) is 0 Å². The summed E-state index contributed by atoms with van der Waals surface area (Å²) in [5, 5.41) is 3.29. The number of rotatable bonds is 10. The predicted octanol–water partition coefficient (Wildman–Crippen LogP) is 2.20. The SMILES string of the molecule is CCNC(C)(C)C(=O)N(CCN(CC)CC)CC(C)C. The second-order valence-electron chi connectivity index (χ2n) is 6.33. The first-order valence-corrected chi connectivity index (χ1v) is 8.05. The van der Waals surface area contributed by atoms with Crippen LogP contribution < -0.4 is 5.32 Å². The van der Waals surface area contributed by atoms with Crippen LogP contribution in [0.4, 0.5) is 0 Å². The normalized spacial score (nSPS) is 12.2. The fourth-order valence-corrected chi connectivity index (χ4v) is 2.43. The van der Waals surface area contributed by atoms with E-state index < -0.39 is 5.54 Å². The molecule has 0 fully saturated rings. The molecule has 0 radical (unpaired) electrons. The molecule has 0 spiro atoms. The Morgan fingerprint density at radius 3 is 2.05 bits per heavy atom. The molecule has 0 rings (SSSR count). The smallest absolute Gasteiger partial charge is 0.242 e. The summed E-state index contributed by atoms with van der Waals surface area (Å²) in [5.74, 6) is 0.702. The maximum atomic E-state index is 12.7. The van der Waals surface area contributed by atoms with Gasteiger partial charge in [-0.2, -0.15) is 0 Å². The Hall–Kier alpha value is -0.610. The van der Waals surface area contributed by atoms with Gasteiger partial charge in [-0.3, -0.25) is 4.79 Å². The molecule has 0 aromatic heterocycles. The number of nitrogens with one attached hydrogen (secondary N) is 1. The zero-order valence-corrected chi connectivity index (χ0v) is 14.6. The summed E-state index contributed by atoms with van der Waals surface area (Å²) >= 11 is 0. The summed E-state index contributed by atoms with van der Waals surface area (Å²) in [7, 11) is 0. The van der Waals surface area contributed by atoms with E-state index in [4.69, 9.17) is 0 Å². The molecule has 4 nitrogen and oxygen atoms in total. The van der Waals surface area contributed by atoms with E-state index in [-0.39, 0.29) is 5.91 Å². The van der Waals surface area contributed by atoms with Gasteiger partial charge in [0.2, 0.25) is 5.91 Å².